The molecule has 4 fully saturated rings. The summed E-state index contributed by atoms with van der Waals surface area (Å²) in [5, 5.41) is 3.00. The van der Waals surface area contributed by atoms with Crippen molar-refractivity contribution in [3.8, 4) is 5.75 Å². The molecule has 6 nitrogen and oxygen atoms in total. The van der Waals surface area contributed by atoms with E-state index in [1.807, 2.05) is 0 Å². The number of rotatable bonds is 7. The van der Waals surface area contributed by atoms with E-state index >= 15 is 0 Å². The lowest BCUT2D eigenvalue weighted by atomic mass is 9.48. The number of ether oxygens (including phenoxy) is 1. The number of hydrogen-bond donors (Lipinski definition) is 2. The number of carbonyl (C=O) groups is 1. The molecule has 160 valence electrons. The first kappa shape index (κ1) is 21.0. The van der Waals surface area contributed by atoms with Crippen molar-refractivity contribution in [2.24, 2.45) is 17.3 Å². The normalized spacial score (nSPS) is 32.8. The Hall–Kier alpha value is -1.28. The van der Waals surface area contributed by atoms with Crippen LogP contribution in [0.3, 0.4) is 0 Å². The van der Waals surface area contributed by atoms with E-state index in [-0.39, 0.29) is 21.4 Å². The number of nitrogens with one attached hydrogen (secondary N) is 2. The highest BCUT2D eigenvalue weighted by Crippen LogP contribution is 2.65. The number of alkyl halides is 1. The molecular formula is C21H29BrN2O4S. The van der Waals surface area contributed by atoms with Gasteiger partial charge in [-0.2, -0.15) is 0 Å². The molecule has 0 aliphatic heterocycles. The van der Waals surface area contributed by atoms with Crippen molar-refractivity contribution >= 4 is 43.2 Å². The number of sulfonamides is 1. The van der Waals surface area contributed by atoms with Gasteiger partial charge in [0.1, 0.15) is 5.75 Å². The zero-order valence-electron chi connectivity index (χ0n) is 17.0. The molecule has 4 saturated carbocycles. The molecule has 1 amide bonds. The smallest absolute Gasteiger partial charge is 0.232 e. The zero-order valence-corrected chi connectivity index (χ0v) is 19.4. The maximum atomic E-state index is 12.9. The standard InChI is InChI=1S/C21H29BrN2O4S/c1-3-29(26,27)24-17-5-4-16(7-18(17)28-2)23-19(25)12-20-8-14-6-15(9-20)11-21(22,10-14)13-20/h4-5,7,14-15,24H,3,6,8-13H2,1-2H3,(H,23,25). The molecule has 1 aromatic rings. The van der Waals surface area contributed by atoms with E-state index in [0.29, 0.717) is 23.5 Å². The van der Waals surface area contributed by atoms with Gasteiger partial charge in [0.15, 0.2) is 0 Å². The van der Waals surface area contributed by atoms with Crippen molar-refractivity contribution in [3.63, 3.8) is 0 Å². The van der Waals surface area contributed by atoms with Crippen LogP contribution >= 0.6 is 15.9 Å². The lowest BCUT2D eigenvalue weighted by molar-refractivity contribution is -0.123. The Bertz CT molecular complexity index is 903. The minimum absolute atomic E-state index is 0.0201. The SMILES string of the molecule is CCS(=O)(=O)Nc1ccc(NC(=O)CC23CC4CC(CC(Br)(C4)C2)C3)cc1OC. The van der Waals surface area contributed by atoms with Gasteiger partial charge in [0.25, 0.3) is 0 Å². The average Bonchev–Trinajstić information content (AvgIpc) is 2.60. The first-order valence-electron chi connectivity index (χ1n) is 10.3. The molecular weight excluding hydrogens is 456 g/mol. The number of methoxy groups -OCH3 is 1. The quantitative estimate of drug-likeness (QED) is 0.557. The summed E-state index contributed by atoms with van der Waals surface area (Å²) in [5.41, 5.74) is 1.09. The van der Waals surface area contributed by atoms with Gasteiger partial charge in [0.2, 0.25) is 15.9 Å². The minimum atomic E-state index is -3.40. The third-order valence-electron chi connectivity index (χ3n) is 6.78. The van der Waals surface area contributed by atoms with Gasteiger partial charge in [0.05, 0.1) is 18.6 Å². The van der Waals surface area contributed by atoms with Gasteiger partial charge >= 0.3 is 0 Å². The van der Waals surface area contributed by atoms with Gasteiger partial charge in [0, 0.05) is 22.5 Å². The van der Waals surface area contributed by atoms with E-state index in [0.717, 1.165) is 31.1 Å². The number of carbonyl (C=O) groups excluding carboxylic acids is 1. The van der Waals surface area contributed by atoms with Crippen LogP contribution in [-0.2, 0) is 14.8 Å². The second kappa shape index (κ2) is 7.45. The monoisotopic (exact) mass is 484 g/mol. The van der Waals surface area contributed by atoms with E-state index < -0.39 is 10.0 Å². The fourth-order valence-electron chi connectivity index (χ4n) is 6.18. The molecule has 2 N–H and O–H groups in total. The molecule has 0 spiro atoms. The van der Waals surface area contributed by atoms with E-state index in [4.69, 9.17) is 4.74 Å². The molecule has 0 saturated heterocycles. The molecule has 4 bridgehead atoms. The molecule has 4 aliphatic carbocycles. The van der Waals surface area contributed by atoms with Crippen LogP contribution < -0.4 is 14.8 Å². The Morgan fingerprint density at radius 2 is 1.93 bits per heavy atom. The fourth-order valence-corrected chi connectivity index (χ4v) is 8.34. The molecule has 8 heteroatoms. The highest BCUT2D eigenvalue weighted by Gasteiger charge is 2.57. The third-order valence-corrected chi connectivity index (χ3v) is 9.00. The Labute approximate surface area is 181 Å². The average molecular weight is 485 g/mol. The zero-order chi connectivity index (χ0) is 20.9. The highest BCUT2D eigenvalue weighted by molar-refractivity contribution is 9.10. The van der Waals surface area contributed by atoms with Crippen LogP contribution in [0.25, 0.3) is 0 Å². The summed E-state index contributed by atoms with van der Waals surface area (Å²) in [5.74, 6) is 1.87. The Balaban J connectivity index is 1.45. The van der Waals surface area contributed by atoms with Crippen LogP contribution in [0.4, 0.5) is 11.4 Å². The number of anilines is 2. The van der Waals surface area contributed by atoms with Crippen LogP contribution in [-0.4, -0.2) is 31.5 Å². The number of hydrogen-bond acceptors (Lipinski definition) is 4. The van der Waals surface area contributed by atoms with E-state index in [2.05, 4.69) is 26.0 Å². The van der Waals surface area contributed by atoms with E-state index in [9.17, 15) is 13.2 Å². The maximum absolute atomic E-state index is 12.9. The molecule has 2 unspecified atom stereocenters. The molecule has 5 rings (SSSR count). The van der Waals surface area contributed by atoms with Gasteiger partial charge in [-0.25, -0.2) is 8.42 Å². The Morgan fingerprint density at radius 3 is 2.52 bits per heavy atom. The second-order valence-corrected chi connectivity index (χ2v) is 13.0. The summed E-state index contributed by atoms with van der Waals surface area (Å²) < 4.78 is 31.7. The van der Waals surface area contributed by atoms with E-state index in [1.54, 1.807) is 25.1 Å². The molecule has 0 aromatic heterocycles. The first-order chi connectivity index (χ1) is 13.6. The van der Waals surface area contributed by atoms with Crippen molar-refractivity contribution in [2.45, 2.75) is 56.2 Å². The largest absolute Gasteiger partial charge is 0.494 e. The lowest BCUT2D eigenvalue weighted by Crippen LogP contribution is -2.53. The molecule has 2 atom stereocenters. The summed E-state index contributed by atoms with van der Waals surface area (Å²) in [4.78, 5) is 12.9. The first-order valence-corrected chi connectivity index (χ1v) is 12.7. The summed E-state index contributed by atoms with van der Waals surface area (Å²) in [6.45, 7) is 1.57. The van der Waals surface area contributed by atoms with Crippen molar-refractivity contribution in [2.75, 3.05) is 22.9 Å². The summed E-state index contributed by atoms with van der Waals surface area (Å²) in [6.07, 6.45) is 7.76. The predicted octanol–water partition coefficient (Wildman–Crippen LogP) is 4.52. The Kier molecular flexibility index (Phi) is 5.39. The van der Waals surface area contributed by atoms with Crippen LogP contribution in [0, 0.1) is 17.3 Å². The molecule has 0 heterocycles. The van der Waals surface area contributed by atoms with Gasteiger partial charge in [-0.1, -0.05) is 15.9 Å². The van der Waals surface area contributed by atoms with Gasteiger partial charge < -0.3 is 10.1 Å². The maximum Gasteiger partial charge on any atom is 0.232 e. The molecule has 4 aliphatic rings. The fraction of sp³-hybridized carbons (Fsp3) is 0.667. The Morgan fingerprint density at radius 1 is 1.24 bits per heavy atom. The van der Waals surface area contributed by atoms with Crippen molar-refractivity contribution in [1.29, 1.82) is 0 Å². The topological polar surface area (TPSA) is 84.5 Å². The summed E-state index contributed by atoms with van der Waals surface area (Å²) in [7, 11) is -1.92. The summed E-state index contributed by atoms with van der Waals surface area (Å²) in [6, 6.07) is 5.00. The number of amides is 1. The van der Waals surface area contributed by atoms with Gasteiger partial charge in [-0.05, 0) is 74.8 Å². The van der Waals surface area contributed by atoms with Gasteiger partial charge in [-0.15, -0.1) is 0 Å². The lowest BCUT2D eigenvalue weighted by Gasteiger charge is -2.60. The highest BCUT2D eigenvalue weighted by atomic mass is 79.9. The van der Waals surface area contributed by atoms with Crippen LogP contribution in [0.5, 0.6) is 5.75 Å². The third kappa shape index (κ3) is 4.43. The number of benzene rings is 1. The van der Waals surface area contributed by atoms with Crippen LogP contribution in [0.2, 0.25) is 0 Å². The van der Waals surface area contributed by atoms with Crippen molar-refractivity contribution in [3.05, 3.63) is 18.2 Å². The van der Waals surface area contributed by atoms with Gasteiger partial charge in [-0.3, -0.25) is 9.52 Å². The molecule has 0 radical (unpaired) electrons. The van der Waals surface area contributed by atoms with Crippen LogP contribution in [0.1, 0.15) is 51.9 Å². The molecule has 1 aromatic carbocycles. The predicted molar refractivity (Wildman–Crippen MR) is 118 cm³/mol. The molecule has 29 heavy (non-hydrogen) atoms. The summed E-state index contributed by atoms with van der Waals surface area (Å²) >= 11 is 4.00. The minimum Gasteiger partial charge on any atom is -0.494 e. The van der Waals surface area contributed by atoms with Crippen LogP contribution in [0.15, 0.2) is 18.2 Å². The number of halogens is 1. The second-order valence-electron chi connectivity index (χ2n) is 9.26. The van der Waals surface area contributed by atoms with Crippen molar-refractivity contribution in [1.82, 2.24) is 0 Å². The van der Waals surface area contributed by atoms with E-state index in [1.165, 1.54) is 26.4 Å². The van der Waals surface area contributed by atoms with Crippen molar-refractivity contribution < 1.29 is 17.9 Å².